The number of aliphatic imine (C=N–C) groups is 1. The average Bonchev–Trinajstić information content (AvgIpc) is 2.05. The minimum Gasteiger partial charge on any atom is -0.374 e. The van der Waals surface area contributed by atoms with Gasteiger partial charge in [-0.3, -0.25) is 4.99 Å². The van der Waals surface area contributed by atoms with Gasteiger partial charge >= 0.3 is 0 Å². The van der Waals surface area contributed by atoms with Crippen LogP contribution in [0.5, 0.6) is 0 Å². The van der Waals surface area contributed by atoms with Gasteiger partial charge in [0.25, 0.3) is 0 Å². The molecule has 4 nitrogen and oxygen atoms in total. The normalized spacial score (nSPS) is 11.7. The lowest BCUT2D eigenvalue weighted by atomic mass is 10.5. The van der Waals surface area contributed by atoms with Gasteiger partial charge in [-0.25, -0.2) is 5.84 Å². The highest BCUT2D eigenvalue weighted by Gasteiger charge is 1.93. The third kappa shape index (κ3) is 5.82. The van der Waals surface area contributed by atoms with Crippen LogP contribution in [0.3, 0.4) is 0 Å². The molecular weight excluding hydrogens is 142 g/mol. The summed E-state index contributed by atoms with van der Waals surface area (Å²) in [7, 11) is 0. The molecule has 0 aromatic heterocycles. The number of ether oxygens (including phenoxy) is 1. The zero-order valence-electron chi connectivity index (χ0n) is 7.26. The van der Waals surface area contributed by atoms with E-state index in [1.54, 1.807) is 0 Å². The second kappa shape index (κ2) is 7.50. The first kappa shape index (κ1) is 10.4. The maximum Gasteiger partial charge on any atom is 0.137 e. The zero-order chi connectivity index (χ0) is 8.53. The van der Waals surface area contributed by atoms with Crippen LogP contribution in [0.2, 0.25) is 0 Å². The highest BCUT2D eigenvalue weighted by atomic mass is 16.5. The monoisotopic (exact) mass is 159 g/mol. The van der Waals surface area contributed by atoms with Crippen LogP contribution in [0.25, 0.3) is 0 Å². The first-order valence-electron chi connectivity index (χ1n) is 3.92. The standard InChI is InChI=1S/C7H17N3O/c1-3-5-9-7(10-8)6-11-4-2/h3-6,8H2,1-2H3,(H,9,10). The molecule has 0 aromatic rings. The SMILES string of the molecule is CCCN=C(COCC)NN. The molecule has 0 unspecified atom stereocenters. The van der Waals surface area contributed by atoms with Crippen LogP contribution in [-0.2, 0) is 4.74 Å². The van der Waals surface area contributed by atoms with Crippen LogP contribution in [-0.4, -0.2) is 25.6 Å². The molecule has 0 radical (unpaired) electrons. The molecule has 0 bridgehead atoms. The quantitative estimate of drug-likeness (QED) is 0.262. The lowest BCUT2D eigenvalue weighted by molar-refractivity contribution is 0.185. The van der Waals surface area contributed by atoms with Gasteiger partial charge in [0.2, 0.25) is 0 Å². The van der Waals surface area contributed by atoms with Gasteiger partial charge in [-0.05, 0) is 13.3 Å². The second-order valence-electron chi connectivity index (χ2n) is 2.11. The molecule has 0 fully saturated rings. The number of nitrogens with two attached hydrogens (primary N) is 1. The van der Waals surface area contributed by atoms with Crippen molar-refractivity contribution in [1.29, 1.82) is 0 Å². The molecule has 3 N–H and O–H groups in total. The van der Waals surface area contributed by atoms with E-state index in [0.717, 1.165) is 13.0 Å². The van der Waals surface area contributed by atoms with E-state index in [-0.39, 0.29) is 0 Å². The fraction of sp³-hybridized carbons (Fsp3) is 0.857. The Kier molecular flexibility index (Phi) is 7.08. The first-order chi connectivity index (χ1) is 5.35. The van der Waals surface area contributed by atoms with Crippen molar-refractivity contribution in [3.63, 3.8) is 0 Å². The fourth-order valence-corrected chi connectivity index (χ4v) is 0.578. The summed E-state index contributed by atoms with van der Waals surface area (Å²) in [6.07, 6.45) is 1.03. The Bertz CT molecular complexity index is 114. The molecule has 0 aromatic carbocycles. The minimum atomic E-state index is 0.479. The van der Waals surface area contributed by atoms with Crippen LogP contribution in [0.1, 0.15) is 20.3 Å². The van der Waals surface area contributed by atoms with Crippen LogP contribution >= 0.6 is 0 Å². The molecule has 0 spiro atoms. The molecule has 0 saturated carbocycles. The smallest absolute Gasteiger partial charge is 0.137 e. The molecule has 0 rings (SSSR count). The van der Waals surface area contributed by atoms with E-state index in [1.165, 1.54) is 0 Å². The van der Waals surface area contributed by atoms with Crippen molar-refractivity contribution in [3.8, 4) is 0 Å². The molecule has 0 aliphatic heterocycles. The minimum absolute atomic E-state index is 0.479. The highest BCUT2D eigenvalue weighted by Crippen LogP contribution is 1.81. The molecular formula is C7H17N3O. The summed E-state index contributed by atoms with van der Waals surface area (Å²) in [4.78, 5) is 4.15. The van der Waals surface area contributed by atoms with Crippen molar-refractivity contribution in [2.45, 2.75) is 20.3 Å². The van der Waals surface area contributed by atoms with Gasteiger partial charge in [0.1, 0.15) is 12.4 Å². The van der Waals surface area contributed by atoms with Crippen LogP contribution in [0.4, 0.5) is 0 Å². The van der Waals surface area contributed by atoms with Crippen molar-refractivity contribution < 1.29 is 4.74 Å². The Morgan fingerprint density at radius 1 is 1.55 bits per heavy atom. The number of rotatable bonds is 5. The third-order valence-corrected chi connectivity index (χ3v) is 1.14. The molecule has 0 amide bonds. The van der Waals surface area contributed by atoms with Crippen LogP contribution in [0.15, 0.2) is 4.99 Å². The summed E-state index contributed by atoms with van der Waals surface area (Å²) in [6, 6.07) is 0. The predicted molar refractivity (Wildman–Crippen MR) is 46.4 cm³/mol. The van der Waals surface area contributed by atoms with E-state index in [2.05, 4.69) is 17.3 Å². The van der Waals surface area contributed by atoms with Gasteiger partial charge in [-0.15, -0.1) is 0 Å². The topological polar surface area (TPSA) is 59.6 Å². The molecule has 0 heterocycles. The first-order valence-corrected chi connectivity index (χ1v) is 3.92. The van der Waals surface area contributed by atoms with Gasteiger partial charge in [0, 0.05) is 13.2 Å². The molecule has 11 heavy (non-hydrogen) atoms. The molecule has 4 heteroatoms. The Hall–Kier alpha value is -0.610. The highest BCUT2D eigenvalue weighted by molar-refractivity contribution is 5.82. The maximum atomic E-state index is 5.19. The van der Waals surface area contributed by atoms with Gasteiger partial charge < -0.3 is 10.2 Å². The van der Waals surface area contributed by atoms with E-state index >= 15 is 0 Å². The van der Waals surface area contributed by atoms with Gasteiger partial charge in [-0.2, -0.15) is 0 Å². The Labute approximate surface area is 67.8 Å². The predicted octanol–water partition coefficient (Wildman–Crippen LogP) is 0.295. The van der Waals surface area contributed by atoms with E-state index < -0.39 is 0 Å². The summed E-state index contributed by atoms with van der Waals surface area (Å²) in [5, 5.41) is 0. The summed E-state index contributed by atoms with van der Waals surface area (Å²) in [6.45, 7) is 5.97. The van der Waals surface area contributed by atoms with Crippen LogP contribution in [0, 0.1) is 0 Å². The zero-order valence-corrected chi connectivity index (χ0v) is 7.26. The lowest BCUT2D eigenvalue weighted by Crippen LogP contribution is -2.34. The maximum absolute atomic E-state index is 5.19. The molecule has 0 saturated heterocycles. The number of hydrogen-bond acceptors (Lipinski definition) is 3. The summed E-state index contributed by atoms with van der Waals surface area (Å²) < 4.78 is 5.11. The van der Waals surface area contributed by atoms with E-state index in [4.69, 9.17) is 10.6 Å². The van der Waals surface area contributed by atoms with Crippen molar-refractivity contribution in [1.82, 2.24) is 5.43 Å². The third-order valence-electron chi connectivity index (χ3n) is 1.14. The van der Waals surface area contributed by atoms with Gasteiger partial charge in [0.15, 0.2) is 0 Å². The average molecular weight is 159 g/mol. The fourth-order valence-electron chi connectivity index (χ4n) is 0.578. The number of nitrogens with one attached hydrogen (secondary N) is 1. The largest absolute Gasteiger partial charge is 0.374 e. The molecule has 0 atom stereocenters. The number of hydrazine groups is 1. The van der Waals surface area contributed by atoms with Gasteiger partial charge in [0.05, 0.1) is 0 Å². The summed E-state index contributed by atoms with van der Waals surface area (Å²) in [5.74, 6) is 5.91. The molecule has 0 aliphatic carbocycles. The van der Waals surface area contributed by atoms with E-state index in [9.17, 15) is 0 Å². The van der Waals surface area contributed by atoms with Gasteiger partial charge in [-0.1, -0.05) is 6.92 Å². The van der Waals surface area contributed by atoms with E-state index in [1.807, 2.05) is 6.92 Å². The summed E-state index contributed by atoms with van der Waals surface area (Å²) >= 11 is 0. The number of amidine groups is 1. The summed E-state index contributed by atoms with van der Waals surface area (Å²) in [5.41, 5.74) is 2.50. The van der Waals surface area contributed by atoms with Crippen molar-refractivity contribution in [2.75, 3.05) is 19.8 Å². The lowest BCUT2D eigenvalue weighted by Gasteiger charge is -2.04. The number of nitrogens with zero attached hydrogens (tertiary/aromatic N) is 1. The number of hydrogen-bond donors (Lipinski definition) is 2. The van der Waals surface area contributed by atoms with Crippen molar-refractivity contribution >= 4 is 5.84 Å². The van der Waals surface area contributed by atoms with Crippen molar-refractivity contribution in [3.05, 3.63) is 0 Å². The second-order valence-corrected chi connectivity index (χ2v) is 2.11. The molecule has 0 aliphatic rings. The Balaban J connectivity index is 3.55. The van der Waals surface area contributed by atoms with E-state index in [0.29, 0.717) is 19.0 Å². The Morgan fingerprint density at radius 2 is 2.27 bits per heavy atom. The van der Waals surface area contributed by atoms with Crippen molar-refractivity contribution in [2.24, 2.45) is 10.8 Å². The molecule has 66 valence electrons. The van der Waals surface area contributed by atoms with Crippen LogP contribution < -0.4 is 11.3 Å². The Morgan fingerprint density at radius 3 is 2.73 bits per heavy atom.